The van der Waals surface area contributed by atoms with Gasteiger partial charge in [0.15, 0.2) is 0 Å². The molecule has 2 aromatic carbocycles. The smallest absolute Gasteiger partial charge is 0.326 e. The third kappa shape index (κ3) is 3.91. The average molecular weight is 423 g/mol. The lowest BCUT2D eigenvalue weighted by Crippen LogP contribution is -2.39. The van der Waals surface area contributed by atoms with Crippen molar-refractivity contribution < 1.29 is 28.2 Å². The van der Waals surface area contributed by atoms with Crippen molar-refractivity contribution in [3.8, 4) is 16.9 Å². The topological polar surface area (TPSA) is 80.0 Å². The van der Waals surface area contributed by atoms with E-state index >= 15 is 0 Å². The highest BCUT2D eigenvalue weighted by molar-refractivity contribution is 6.01. The molecule has 1 fully saturated rings. The van der Waals surface area contributed by atoms with E-state index in [4.69, 9.17) is 9.15 Å². The number of likely N-dealkylation sites (tertiary alicyclic amines) is 1. The van der Waals surface area contributed by atoms with Crippen LogP contribution >= 0.6 is 0 Å². The summed E-state index contributed by atoms with van der Waals surface area (Å²) in [6, 6.07) is 8.95. The molecule has 1 amide bonds. The van der Waals surface area contributed by atoms with E-state index in [2.05, 4.69) is 0 Å². The Kier molecular flexibility index (Phi) is 5.50. The molecule has 1 aliphatic heterocycles. The number of methoxy groups -OCH3 is 1. The fraction of sp³-hybridized carbons (Fsp3) is 0.250. The van der Waals surface area contributed by atoms with Crippen molar-refractivity contribution in [2.24, 2.45) is 0 Å². The molecule has 3 aromatic rings. The Morgan fingerprint density at radius 1 is 1.26 bits per heavy atom. The van der Waals surface area contributed by atoms with Gasteiger partial charge in [0.2, 0.25) is 5.91 Å². The molecule has 1 aromatic heterocycles. The maximum Gasteiger partial charge on any atom is 0.326 e. The number of allylic oxidation sites excluding steroid dienone is 1. The third-order valence-corrected chi connectivity index (χ3v) is 5.64. The van der Waals surface area contributed by atoms with Gasteiger partial charge in [0.05, 0.1) is 13.4 Å². The minimum atomic E-state index is -0.988. The van der Waals surface area contributed by atoms with Gasteiger partial charge in [-0.25, -0.2) is 9.18 Å². The molecule has 7 heteroatoms. The minimum absolute atomic E-state index is 0.322. The summed E-state index contributed by atoms with van der Waals surface area (Å²) < 4.78 is 24.5. The van der Waals surface area contributed by atoms with Crippen molar-refractivity contribution in [1.29, 1.82) is 0 Å². The Balaban J connectivity index is 1.74. The van der Waals surface area contributed by atoms with E-state index < -0.39 is 12.0 Å². The second kappa shape index (κ2) is 8.26. The summed E-state index contributed by atoms with van der Waals surface area (Å²) >= 11 is 0. The summed E-state index contributed by atoms with van der Waals surface area (Å²) in [6.07, 6.45) is 4.18. The molecule has 31 heavy (non-hydrogen) atoms. The zero-order chi connectivity index (χ0) is 22.1. The number of nitrogens with zero attached hydrogens (tertiary/aromatic N) is 1. The Bertz CT molecular complexity index is 1180. The third-order valence-electron chi connectivity index (χ3n) is 5.64. The molecule has 1 N–H and O–H groups in total. The molecule has 0 radical (unpaired) electrons. The molecule has 4 rings (SSSR count). The zero-order valence-corrected chi connectivity index (χ0v) is 17.2. The van der Waals surface area contributed by atoms with Crippen LogP contribution in [0.2, 0.25) is 0 Å². The quantitative estimate of drug-likeness (QED) is 0.601. The Hall–Kier alpha value is -3.61. The summed E-state index contributed by atoms with van der Waals surface area (Å²) in [7, 11) is 1.53. The molecule has 1 aliphatic rings. The molecule has 0 spiro atoms. The molecule has 1 atom stereocenters. The number of hydrogen-bond donors (Lipinski definition) is 1. The first kappa shape index (κ1) is 20.7. The highest BCUT2D eigenvalue weighted by Crippen LogP contribution is 2.37. The number of amides is 1. The van der Waals surface area contributed by atoms with Crippen LogP contribution in [0.4, 0.5) is 4.39 Å². The van der Waals surface area contributed by atoms with Crippen LogP contribution in [0.15, 0.2) is 53.2 Å². The summed E-state index contributed by atoms with van der Waals surface area (Å²) in [5.41, 5.74) is 3.54. The monoisotopic (exact) mass is 423 g/mol. The maximum atomic E-state index is 13.3. The summed E-state index contributed by atoms with van der Waals surface area (Å²) in [4.78, 5) is 25.6. The summed E-state index contributed by atoms with van der Waals surface area (Å²) in [5.74, 6) is -1.11. The largest absolute Gasteiger partial charge is 0.496 e. The first-order chi connectivity index (χ1) is 14.9. The molecule has 0 aliphatic carbocycles. The van der Waals surface area contributed by atoms with Crippen LogP contribution in [0.25, 0.3) is 27.7 Å². The fourth-order valence-corrected chi connectivity index (χ4v) is 4.02. The van der Waals surface area contributed by atoms with Crippen molar-refractivity contribution in [1.82, 2.24) is 4.90 Å². The van der Waals surface area contributed by atoms with Crippen molar-refractivity contribution in [3.05, 3.63) is 60.1 Å². The number of benzene rings is 2. The van der Waals surface area contributed by atoms with Gasteiger partial charge >= 0.3 is 5.97 Å². The zero-order valence-electron chi connectivity index (χ0n) is 17.2. The lowest BCUT2D eigenvalue weighted by atomic mass is 9.99. The molecule has 1 unspecified atom stereocenters. The Morgan fingerprint density at radius 3 is 2.68 bits per heavy atom. The van der Waals surface area contributed by atoms with Gasteiger partial charge in [-0.15, -0.1) is 0 Å². The van der Waals surface area contributed by atoms with Gasteiger partial charge in [-0.3, -0.25) is 4.79 Å². The van der Waals surface area contributed by atoms with Gasteiger partial charge in [0.25, 0.3) is 0 Å². The molecule has 6 nitrogen and oxygen atoms in total. The first-order valence-electron chi connectivity index (χ1n) is 9.96. The minimum Gasteiger partial charge on any atom is -0.496 e. The van der Waals surface area contributed by atoms with Crippen LogP contribution in [-0.2, 0) is 9.59 Å². The predicted molar refractivity (Wildman–Crippen MR) is 114 cm³/mol. The van der Waals surface area contributed by atoms with E-state index in [-0.39, 0.29) is 11.7 Å². The van der Waals surface area contributed by atoms with Gasteiger partial charge in [0.1, 0.15) is 23.2 Å². The molecule has 0 saturated carbocycles. The van der Waals surface area contributed by atoms with E-state index in [1.807, 2.05) is 6.07 Å². The van der Waals surface area contributed by atoms with Gasteiger partial charge in [-0.1, -0.05) is 12.1 Å². The van der Waals surface area contributed by atoms with Crippen LogP contribution in [0.1, 0.15) is 25.3 Å². The van der Waals surface area contributed by atoms with E-state index in [0.29, 0.717) is 41.9 Å². The number of carbonyl (C=O) groups excluding carboxylic acids is 1. The van der Waals surface area contributed by atoms with Crippen LogP contribution in [0.5, 0.6) is 5.75 Å². The Morgan fingerprint density at radius 2 is 2.00 bits per heavy atom. The molecule has 160 valence electrons. The molecule has 0 bridgehead atoms. The first-order valence-corrected chi connectivity index (χ1v) is 9.96. The van der Waals surface area contributed by atoms with Crippen molar-refractivity contribution in [2.75, 3.05) is 13.7 Å². The fourth-order valence-electron chi connectivity index (χ4n) is 4.02. The van der Waals surface area contributed by atoms with E-state index in [9.17, 15) is 19.1 Å². The SMILES string of the molecule is COc1cc2occ(-c3ccc(F)cc3)c2cc1/C(C)=C/C(=O)N1CCCC1C(=O)O. The molecular weight excluding hydrogens is 401 g/mol. The highest BCUT2D eigenvalue weighted by Gasteiger charge is 2.33. The highest BCUT2D eigenvalue weighted by atomic mass is 19.1. The molecular formula is C24H22FNO5. The van der Waals surface area contributed by atoms with Gasteiger partial charge in [-0.2, -0.15) is 0 Å². The summed E-state index contributed by atoms with van der Waals surface area (Å²) in [6.45, 7) is 2.21. The van der Waals surface area contributed by atoms with Crippen LogP contribution in [0.3, 0.4) is 0 Å². The summed E-state index contributed by atoms with van der Waals surface area (Å²) in [5, 5.41) is 10.1. The van der Waals surface area contributed by atoms with Gasteiger partial charge in [-0.05, 0) is 49.1 Å². The second-order valence-electron chi connectivity index (χ2n) is 7.56. The maximum absolute atomic E-state index is 13.3. The van der Waals surface area contributed by atoms with Crippen LogP contribution in [0, 0.1) is 5.82 Å². The number of furan rings is 1. The van der Waals surface area contributed by atoms with Crippen molar-refractivity contribution in [2.45, 2.75) is 25.8 Å². The predicted octanol–water partition coefficient (Wildman–Crippen LogP) is 4.73. The van der Waals surface area contributed by atoms with Crippen molar-refractivity contribution >= 4 is 28.4 Å². The number of aliphatic carboxylic acids is 1. The number of fused-ring (bicyclic) bond motifs is 1. The normalized spacial score (nSPS) is 16.7. The lowest BCUT2D eigenvalue weighted by Gasteiger charge is -2.20. The number of carboxylic acids is 1. The van der Waals surface area contributed by atoms with Gasteiger partial charge < -0.3 is 19.2 Å². The van der Waals surface area contributed by atoms with E-state index in [1.165, 1.54) is 30.2 Å². The number of rotatable bonds is 5. The van der Waals surface area contributed by atoms with Gasteiger partial charge in [0, 0.05) is 35.2 Å². The second-order valence-corrected chi connectivity index (χ2v) is 7.56. The van der Waals surface area contributed by atoms with Crippen LogP contribution in [-0.4, -0.2) is 41.6 Å². The molecule has 1 saturated heterocycles. The van der Waals surface area contributed by atoms with Crippen LogP contribution < -0.4 is 4.74 Å². The number of ether oxygens (including phenoxy) is 1. The number of carbonyl (C=O) groups is 2. The lowest BCUT2D eigenvalue weighted by molar-refractivity contribution is -0.146. The number of halogens is 1. The number of hydrogen-bond acceptors (Lipinski definition) is 4. The van der Waals surface area contributed by atoms with E-state index in [0.717, 1.165) is 16.5 Å². The standard InChI is InChI=1S/C24H22FNO5/c1-14(10-23(27)26-9-3-4-20(26)24(28)29)17-11-18-19(15-5-7-16(25)8-6-15)13-31-22(18)12-21(17)30-2/h5-8,10-13,20H,3-4,9H2,1-2H3,(H,28,29)/b14-10+. The molecule has 2 heterocycles. The Labute approximate surface area is 178 Å². The average Bonchev–Trinajstić information content (AvgIpc) is 3.40. The number of carboxylic acid groups (broad SMARTS) is 1. The van der Waals surface area contributed by atoms with Crippen molar-refractivity contribution in [3.63, 3.8) is 0 Å². The van der Waals surface area contributed by atoms with E-state index in [1.54, 1.807) is 31.4 Å².